The highest BCUT2D eigenvalue weighted by Gasteiger charge is 2.25. The van der Waals surface area contributed by atoms with Crippen LogP contribution in [0.4, 0.5) is 17.1 Å². The zero-order chi connectivity index (χ0) is 18.5. The molecule has 0 spiro atoms. The molecule has 1 heterocycles. The quantitative estimate of drug-likeness (QED) is 0.601. The Bertz CT molecular complexity index is 795. The van der Waals surface area contributed by atoms with Crippen LogP contribution in [0.15, 0.2) is 48.5 Å². The number of benzene rings is 2. The SMILES string of the molecule is CN(C(=O)c1ccc(Nc2ccccc2)c([N+](=O)[O-])c1)C1CCNCC1.Cl. The lowest BCUT2D eigenvalue weighted by Crippen LogP contribution is -2.43. The van der Waals surface area contributed by atoms with Crippen molar-refractivity contribution in [1.82, 2.24) is 10.2 Å². The summed E-state index contributed by atoms with van der Waals surface area (Å²) in [5.74, 6) is -0.189. The molecule has 1 amide bonds. The predicted octanol–water partition coefficient (Wildman–Crippen LogP) is 3.58. The summed E-state index contributed by atoms with van der Waals surface area (Å²) in [6, 6.07) is 14.0. The Labute approximate surface area is 164 Å². The van der Waals surface area contributed by atoms with Crippen LogP contribution in [-0.2, 0) is 0 Å². The van der Waals surface area contributed by atoms with E-state index in [0.717, 1.165) is 31.6 Å². The third-order valence-corrected chi connectivity index (χ3v) is 4.67. The normalized spacial score (nSPS) is 14.1. The van der Waals surface area contributed by atoms with Gasteiger partial charge in [0, 0.05) is 30.4 Å². The van der Waals surface area contributed by atoms with Gasteiger partial charge in [-0.3, -0.25) is 14.9 Å². The Morgan fingerprint density at radius 3 is 2.48 bits per heavy atom. The second-order valence-electron chi connectivity index (χ2n) is 6.38. The van der Waals surface area contributed by atoms with E-state index >= 15 is 0 Å². The predicted molar refractivity (Wildman–Crippen MR) is 108 cm³/mol. The minimum Gasteiger partial charge on any atom is -0.350 e. The number of rotatable bonds is 5. The Morgan fingerprint density at radius 1 is 1.19 bits per heavy atom. The van der Waals surface area contributed by atoms with Gasteiger partial charge in [0.05, 0.1) is 4.92 Å². The van der Waals surface area contributed by atoms with Crippen LogP contribution < -0.4 is 10.6 Å². The molecule has 8 heteroatoms. The lowest BCUT2D eigenvalue weighted by molar-refractivity contribution is -0.383. The van der Waals surface area contributed by atoms with E-state index in [-0.39, 0.29) is 30.0 Å². The number of hydrogen-bond donors (Lipinski definition) is 2. The topological polar surface area (TPSA) is 87.5 Å². The first kappa shape index (κ1) is 20.7. The van der Waals surface area contributed by atoms with Crippen molar-refractivity contribution in [3.63, 3.8) is 0 Å². The van der Waals surface area contributed by atoms with Crippen LogP contribution in [-0.4, -0.2) is 41.9 Å². The van der Waals surface area contributed by atoms with Gasteiger partial charge < -0.3 is 15.5 Å². The smallest absolute Gasteiger partial charge is 0.293 e. The zero-order valence-corrected chi connectivity index (χ0v) is 15.9. The summed E-state index contributed by atoms with van der Waals surface area (Å²) in [7, 11) is 1.76. The maximum Gasteiger partial charge on any atom is 0.293 e. The third-order valence-electron chi connectivity index (χ3n) is 4.67. The molecule has 0 aliphatic carbocycles. The average Bonchev–Trinajstić information content (AvgIpc) is 2.68. The molecule has 2 aromatic carbocycles. The fourth-order valence-corrected chi connectivity index (χ4v) is 3.16. The number of nitrogens with zero attached hydrogens (tertiary/aromatic N) is 2. The van der Waals surface area contributed by atoms with Gasteiger partial charge in [0.1, 0.15) is 5.69 Å². The number of nitrogens with one attached hydrogen (secondary N) is 2. The summed E-state index contributed by atoms with van der Waals surface area (Å²) in [4.78, 5) is 25.5. The average molecular weight is 391 g/mol. The van der Waals surface area contributed by atoms with Crippen molar-refractivity contribution in [2.24, 2.45) is 0 Å². The van der Waals surface area contributed by atoms with E-state index in [1.54, 1.807) is 24.1 Å². The summed E-state index contributed by atoms with van der Waals surface area (Å²) >= 11 is 0. The maximum absolute atomic E-state index is 12.8. The van der Waals surface area contributed by atoms with Crippen LogP contribution in [0.25, 0.3) is 0 Å². The molecule has 27 heavy (non-hydrogen) atoms. The molecule has 144 valence electrons. The number of nitro groups is 1. The van der Waals surface area contributed by atoms with Crippen molar-refractivity contribution in [3.05, 3.63) is 64.2 Å². The first-order valence-electron chi connectivity index (χ1n) is 8.64. The van der Waals surface area contributed by atoms with Gasteiger partial charge in [-0.05, 0) is 50.2 Å². The first-order valence-corrected chi connectivity index (χ1v) is 8.64. The van der Waals surface area contributed by atoms with Gasteiger partial charge in [0.15, 0.2) is 0 Å². The Balaban J connectivity index is 0.00000261. The van der Waals surface area contributed by atoms with Crippen molar-refractivity contribution in [2.45, 2.75) is 18.9 Å². The van der Waals surface area contributed by atoms with E-state index in [9.17, 15) is 14.9 Å². The number of halogens is 1. The highest BCUT2D eigenvalue weighted by Crippen LogP contribution is 2.29. The van der Waals surface area contributed by atoms with Crippen molar-refractivity contribution in [1.29, 1.82) is 0 Å². The fourth-order valence-electron chi connectivity index (χ4n) is 3.16. The van der Waals surface area contributed by atoms with Gasteiger partial charge in [-0.2, -0.15) is 0 Å². The minimum atomic E-state index is -0.466. The van der Waals surface area contributed by atoms with Crippen LogP contribution >= 0.6 is 12.4 Å². The summed E-state index contributed by atoms with van der Waals surface area (Å²) in [6.45, 7) is 1.75. The van der Waals surface area contributed by atoms with Crippen LogP contribution in [0.3, 0.4) is 0 Å². The molecule has 0 unspecified atom stereocenters. The standard InChI is InChI=1S/C19H22N4O3.ClH/c1-22(16-9-11-20-12-10-16)19(24)14-7-8-17(18(13-14)23(25)26)21-15-5-3-2-4-6-15;/h2-8,13,16,20-21H,9-12H2,1H3;1H. The largest absolute Gasteiger partial charge is 0.350 e. The van der Waals surface area contributed by atoms with E-state index < -0.39 is 4.92 Å². The number of piperidine rings is 1. The van der Waals surface area contributed by atoms with Gasteiger partial charge in [0.25, 0.3) is 11.6 Å². The third kappa shape index (κ3) is 4.96. The summed E-state index contributed by atoms with van der Waals surface area (Å²) < 4.78 is 0. The minimum absolute atomic E-state index is 0. The Hall–Kier alpha value is -2.64. The molecule has 1 aliphatic rings. The first-order chi connectivity index (χ1) is 12.6. The van der Waals surface area contributed by atoms with Crippen LogP contribution in [0, 0.1) is 10.1 Å². The molecule has 0 saturated carbocycles. The van der Waals surface area contributed by atoms with Crippen molar-refractivity contribution in [2.75, 3.05) is 25.5 Å². The maximum atomic E-state index is 12.8. The highest BCUT2D eigenvalue weighted by atomic mass is 35.5. The second kappa shape index (κ2) is 9.34. The highest BCUT2D eigenvalue weighted by molar-refractivity contribution is 5.96. The molecule has 0 radical (unpaired) electrons. The number of nitro benzene ring substituents is 1. The number of anilines is 2. The zero-order valence-electron chi connectivity index (χ0n) is 15.1. The molecule has 7 nitrogen and oxygen atoms in total. The van der Waals surface area contributed by atoms with E-state index in [2.05, 4.69) is 10.6 Å². The lowest BCUT2D eigenvalue weighted by atomic mass is 10.0. The van der Waals surface area contributed by atoms with E-state index in [4.69, 9.17) is 0 Å². The molecule has 0 bridgehead atoms. The van der Waals surface area contributed by atoms with E-state index in [1.165, 1.54) is 6.07 Å². The van der Waals surface area contributed by atoms with Gasteiger partial charge in [-0.15, -0.1) is 12.4 Å². The Kier molecular flexibility index (Phi) is 7.15. The molecule has 3 rings (SSSR count). The number of carbonyl (C=O) groups is 1. The van der Waals surface area contributed by atoms with Crippen molar-refractivity contribution < 1.29 is 9.72 Å². The summed E-state index contributed by atoms with van der Waals surface area (Å²) in [6.07, 6.45) is 1.77. The van der Waals surface area contributed by atoms with Crippen molar-refractivity contribution in [3.8, 4) is 0 Å². The molecule has 2 aromatic rings. The summed E-state index contributed by atoms with van der Waals surface area (Å²) in [5, 5.41) is 17.8. The molecule has 1 fully saturated rings. The molecule has 1 aliphatic heterocycles. The van der Waals surface area contributed by atoms with Gasteiger partial charge in [0.2, 0.25) is 0 Å². The number of carbonyl (C=O) groups excluding carboxylic acids is 1. The molecule has 1 saturated heterocycles. The van der Waals surface area contributed by atoms with Crippen LogP contribution in [0.1, 0.15) is 23.2 Å². The summed E-state index contributed by atoms with van der Waals surface area (Å²) in [5.41, 5.74) is 1.33. The second-order valence-corrected chi connectivity index (χ2v) is 6.38. The Morgan fingerprint density at radius 2 is 1.85 bits per heavy atom. The number of hydrogen-bond acceptors (Lipinski definition) is 5. The molecule has 2 N–H and O–H groups in total. The lowest BCUT2D eigenvalue weighted by Gasteiger charge is -2.31. The van der Waals surface area contributed by atoms with Crippen molar-refractivity contribution >= 4 is 35.4 Å². The molecule has 0 aromatic heterocycles. The van der Waals surface area contributed by atoms with E-state index in [0.29, 0.717) is 11.3 Å². The van der Waals surface area contributed by atoms with Crippen LogP contribution in [0.2, 0.25) is 0 Å². The fraction of sp³-hybridized carbons (Fsp3) is 0.316. The molecular weight excluding hydrogens is 368 g/mol. The van der Waals surface area contributed by atoms with Gasteiger partial charge in [-0.25, -0.2) is 0 Å². The number of para-hydroxylation sites is 1. The molecule has 0 atom stereocenters. The van der Waals surface area contributed by atoms with Gasteiger partial charge >= 0.3 is 0 Å². The van der Waals surface area contributed by atoms with Crippen LogP contribution in [0.5, 0.6) is 0 Å². The number of amides is 1. The van der Waals surface area contributed by atoms with E-state index in [1.807, 2.05) is 30.3 Å². The monoisotopic (exact) mass is 390 g/mol. The molecular formula is C19H23ClN4O3. The van der Waals surface area contributed by atoms with Gasteiger partial charge in [-0.1, -0.05) is 18.2 Å².